The molecular weight excluding hydrogens is 476 g/mol. The number of hydrogen-bond acceptors (Lipinski definition) is 5. The minimum absolute atomic E-state index is 0.000702. The Morgan fingerprint density at radius 2 is 1.86 bits per heavy atom. The maximum absolute atomic E-state index is 13.7. The van der Waals surface area contributed by atoms with Crippen molar-refractivity contribution in [3.05, 3.63) is 47.5 Å². The summed E-state index contributed by atoms with van der Waals surface area (Å²) in [5.41, 5.74) is 1.11. The number of likely N-dealkylation sites (tertiary alicyclic amines) is 1. The van der Waals surface area contributed by atoms with Gasteiger partial charge in [-0.25, -0.2) is 4.98 Å². The Morgan fingerprint density at radius 1 is 1.14 bits per heavy atom. The van der Waals surface area contributed by atoms with E-state index in [4.69, 9.17) is 11.6 Å². The Kier molecular flexibility index (Phi) is 9.37. The molecule has 0 radical (unpaired) electrons. The lowest BCUT2D eigenvalue weighted by Crippen LogP contribution is -2.54. The van der Waals surface area contributed by atoms with Crippen LogP contribution in [0.3, 0.4) is 0 Å². The second kappa shape index (κ2) is 12.7. The fourth-order valence-corrected chi connectivity index (χ4v) is 6.13. The number of rotatable bonds is 10. The van der Waals surface area contributed by atoms with E-state index in [-0.39, 0.29) is 17.2 Å². The van der Waals surface area contributed by atoms with E-state index < -0.39 is 6.04 Å². The van der Waals surface area contributed by atoms with Crippen molar-refractivity contribution in [2.75, 3.05) is 26.7 Å². The van der Waals surface area contributed by atoms with Gasteiger partial charge in [-0.3, -0.25) is 14.3 Å². The summed E-state index contributed by atoms with van der Waals surface area (Å²) in [6.07, 6.45) is 12.5. The predicted molar refractivity (Wildman–Crippen MR) is 140 cm³/mol. The first-order chi connectivity index (χ1) is 17.5. The Balaban J connectivity index is 1.46. The first kappa shape index (κ1) is 26.6. The summed E-state index contributed by atoms with van der Waals surface area (Å²) < 4.78 is 1.97. The van der Waals surface area contributed by atoms with Crippen LogP contribution >= 0.6 is 11.6 Å². The van der Waals surface area contributed by atoms with Gasteiger partial charge in [0.05, 0.1) is 0 Å². The number of nitrogens with one attached hydrogen (secondary N) is 2. The van der Waals surface area contributed by atoms with Crippen LogP contribution in [0, 0.1) is 11.3 Å². The van der Waals surface area contributed by atoms with Crippen LogP contribution in [0.15, 0.2) is 36.9 Å². The minimum Gasteiger partial charge on any atom is -0.344 e. The molecule has 1 aliphatic carbocycles. The molecule has 1 aromatic carbocycles. The van der Waals surface area contributed by atoms with Crippen LogP contribution in [0.25, 0.3) is 0 Å². The molecule has 1 saturated carbocycles. The van der Waals surface area contributed by atoms with E-state index in [0.29, 0.717) is 43.4 Å². The summed E-state index contributed by atoms with van der Waals surface area (Å²) in [7, 11) is 1.81. The third-order valence-corrected chi connectivity index (χ3v) is 8.33. The molecule has 1 unspecified atom stereocenters. The highest BCUT2D eigenvalue weighted by Gasteiger charge is 2.43. The summed E-state index contributed by atoms with van der Waals surface area (Å²) in [5.74, 6) is 0.538. The molecule has 1 atom stereocenters. The molecule has 2 heterocycles. The number of carbonyl (C=O) groups excluding carboxylic acids is 2. The highest BCUT2D eigenvalue weighted by atomic mass is 35.5. The molecule has 8 nitrogen and oxygen atoms in total. The lowest BCUT2D eigenvalue weighted by molar-refractivity contribution is -0.139. The van der Waals surface area contributed by atoms with Gasteiger partial charge < -0.3 is 15.5 Å². The first-order valence-electron chi connectivity index (χ1n) is 13.3. The molecule has 2 fully saturated rings. The zero-order valence-corrected chi connectivity index (χ0v) is 22.1. The van der Waals surface area contributed by atoms with Crippen molar-refractivity contribution in [1.29, 1.82) is 0 Å². The van der Waals surface area contributed by atoms with E-state index in [2.05, 4.69) is 20.7 Å². The van der Waals surface area contributed by atoms with Gasteiger partial charge in [-0.1, -0.05) is 43.0 Å². The van der Waals surface area contributed by atoms with E-state index in [1.165, 1.54) is 32.1 Å². The number of hydrogen-bond donors (Lipinski definition) is 2. The zero-order valence-electron chi connectivity index (χ0n) is 21.3. The second-order valence-electron chi connectivity index (χ2n) is 10.4. The first-order valence-corrected chi connectivity index (χ1v) is 13.7. The molecule has 2 amide bonds. The van der Waals surface area contributed by atoms with Crippen molar-refractivity contribution < 1.29 is 9.59 Å². The Hall–Kier alpha value is -2.45. The van der Waals surface area contributed by atoms with Crippen LogP contribution < -0.4 is 10.6 Å². The quantitative estimate of drug-likeness (QED) is 0.506. The van der Waals surface area contributed by atoms with Gasteiger partial charge in [0.25, 0.3) is 0 Å². The number of amides is 2. The third kappa shape index (κ3) is 6.85. The number of piperidine rings is 1. The van der Waals surface area contributed by atoms with Gasteiger partial charge >= 0.3 is 0 Å². The molecular formula is C27H39ClN6O2. The lowest BCUT2D eigenvalue weighted by Gasteiger charge is -2.48. The van der Waals surface area contributed by atoms with E-state index in [9.17, 15) is 9.59 Å². The number of benzene rings is 1. The summed E-state index contributed by atoms with van der Waals surface area (Å²) in [6.45, 7) is 2.83. The zero-order chi connectivity index (χ0) is 25.4. The van der Waals surface area contributed by atoms with Crippen LogP contribution in [0.1, 0.15) is 56.9 Å². The van der Waals surface area contributed by atoms with Gasteiger partial charge in [-0.15, -0.1) is 0 Å². The number of halogens is 1. The lowest BCUT2D eigenvalue weighted by atomic mass is 9.63. The van der Waals surface area contributed by atoms with Crippen LogP contribution in [-0.2, 0) is 22.6 Å². The monoisotopic (exact) mass is 514 g/mol. The number of aromatic nitrogens is 3. The molecule has 4 rings (SSSR count). The average Bonchev–Trinajstić information content (AvgIpc) is 3.42. The molecule has 1 aromatic heterocycles. The molecule has 0 spiro atoms. The van der Waals surface area contributed by atoms with E-state index in [0.717, 1.165) is 24.9 Å². The van der Waals surface area contributed by atoms with Gasteiger partial charge in [-0.2, -0.15) is 5.10 Å². The van der Waals surface area contributed by atoms with Gasteiger partial charge in [0.2, 0.25) is 11.8 Å². The van der Waals surface area contributed by atoms with E-state index >= 15 is 0 Å². The second-order valence-corrected chi connectivity index (χ2v) is 10.9. The number of carbonyl (C=O) groups is 2. The van der Waals surface area contributed by atoms with Crippen molar-refractivity contribution in [2.24, 2.45) is 11.3 Å². The molecule has 2 aliphatic rings. The van der Waals surface area contributed by atoms with Crippen LogP contribution in [0.5, 0.6) is 0 Å². The largest absolute Gasteiger partial charge is 0.344 e. The predicted octanol–water partition coefficient (Wildman–Crippen LogP) is 3.46. The normalized spacial score (nSPS) is 19.1. The maximum Gasteiger partial charge on any atom is 0.245 e. The van der Waals surface area contributed by atoms with Crippen LogP contribution in [0.2, 0.25) is 5.02 Å². The SMILES string of the molecule is CNCCC(=O)NC(Cc1ccc(Cl)cc1)C(=O)N1CCC(Cn2cncn2)(C2CCCCC2)CC1. The highest BCUT2D eigenvalue weighted by molar-refractivity contribution is 6.30. The van der Waals surface area contributed by atoms with Crippen molar-refractivity contribution in [2.45, 2.75) is 70.4 Å². The molecule has 0 bridgehead atoms. The Labute approximate surface area is 219 Å². The number of nitrogens with zero attached hydrogens (tertiary/aromatic N) is 4. The summed E-state index contributed by atoms with van der Waals surface area (Å²) >= 11 is 6.05. The van der Waals surface area contributed by atoms with Crippen molar-refractivity contribution >= 4 is 23.4 Å². The topological polar surface area (TPSA) is 92.2 Å². The molecule has 9 heteroatoms. The van der Waals surface area contributed by atoms with Crippen LogP contribution in [0.4, 0.5) is 0 Å². The third-order valence-electron chi connectivity index (χ3n) is 8.07. The van der Waals surface area contributed by atoms with Gasteiger partial charge in [0, 0.05) is 44.0 Å². The summed E-state index contributed by atoms with van der Waals surface area (Å²) in [6, 6.07) is 6.90. The molecule has 1 aliphatic heterocycles. The smallest absolute Gasteiger partial charge is 0.245 e. The Bertz CT molecular complexity index is 967. The van der Waals surface area contributed by atoms with Crippen molar-refractivity contribution in [3.8, 4) is 0 Å². The average molecular weight is 515 g/mol. The highest BCUT2D eigenvalue weighted by Crippen LogP contribution is 2.47. The molecule has 36 heavy (non-hydrogen) atoms. The molecule has 2 N–H and O–H groups in total. The van der Waals surface area contributed by atoms with Gasteiger partial charge in [-0.05, 0) is 61.8 Å². The minimum atomic E-state index is -0.590. The molecule has 2 aromatic rings. The molecule has 1 saturated heterocycles. The molecule has 196 valence electrons. The summed E-state index contributed by atoms with van der Waals surface area (Å²) in [5, 5.41) is 11.1. The van der Waals surface area contributed by atoms with E-state index in [1.807, 2.05) is 47.2 Å². The summed E-state index contributed by atoms with van der Waals surface area (Å²) in [4.78, 5) is 32.4. The Morgan fingerprint density at radius 3 is 2.50 bits per heavy atom. The van der Waals surface area contributed by atoms with Crippen molar-refractivity contribution in [1.82, 2.24) is 30.3 Å². The van der Waals surface area contributed by atoms with Crippen molar-refractivity contribution in [3.63, 3.8) is 0 Å². The standard InChI is InChI=1S/C27H39ClN6O2/c1-29-14-11-25(35)32-24(17-21-7-9-23(28)10-8-21)26(36)33-15-12-27(13-16-33,18-34-20-30-19-31-34)22-5-3-2-4-6-22/h7-10,19-20,22,24,29H,2-6,11-18H2,1H3,(H,32,35). The fraction of sp³-hybridized carbons (Fsp3) is 0.630. The maximum atomic E-state index is 13.7. The van der Waals surface area contributed by atoms with Gasteiger partial charge in [0.1, 0.15) is 18.7 Å². The fourth-order valence-electron chi connectivity index (χ4n) is 6.00. The van der Waals surface area contributed by atoms with Crippen LogP contribution in [-0.4, -0.2) is 64.2 Å². The van der Waals surface area contributed by atoms with E-state index in [1.54, 1.807) is 6.33 Å². The van der Waals surface area contributed by atoms with Gasteiger partial charge in [0.15, 0.2) is 0 Å².